The first-order chi connectivity index (χ1) is 10.1. The van der Waals surface area contributed by atoms with Crippen LogP contribution in [0, 0.1) is 0 Å². The Bertz CT molecular complexity index is 651. The summed E-state index contributed by atoms with van der Waals surface area (Å²) in [5.41, 5.74) is 2.06. The van der Waals surface area contributed by atoms with Crippen LogP contribution in [0.2, 0.25) is 10.0 Å². The Hall–Kier alpha value is -1.64. The van der Waals surface area contributed by atoms with Gasteiger partial charge in [-0.1, -0.05) is 41.4 Å². The first-order valence-corrected chi connectivity index (χ1v) is 7.22. The largest absolute Gasteiger partial charge is 0.496 e. The van der Waals surface area contributed by atoms with Crippen LogP contribution < -0.4 is 9.47 Å². The molecule has 0 bridgehead atoms. The summed E-state index contributed by atoms with van der Waals surface area (Å²) < 4.78 is 10.6. The molecule has 0 atom stereocenters. The van der Waals surface area contributed by atoms with Gasteiger partial charge >= 0.3 is 0 Å². The fraction of sp³-hybridized carbons (Fsp3) is 0.176. The van der Waals surface area contributed by atoms with E-state index in [4.69, 9.17) is 32.7 Å². The maximum Gasteiger partial charge on any atom is 0.127 e. The quantitative estimate of drug-likeness (QED) is 0.746. The van der Waals surface area contributed by atoms with Gasteiger partial charge in [0.2, 0.25) is 0 Å². The zero-order valence-electron chi connectivity index (χ0n) is 11.9. The predicted molar refractivity (Wildman–Crippen MR) is 88.7 cm³/mol. The third-order valence-corrected chi connectivity index (χ3v) is 3.55. The Kier molecular flexibility index (Phi) is 5.54. The number of halogens is 2. The van der Waals surface area contributed by atoms with E-state index in [1.165, 1.54) is 0 Å². The molecule has 0 spiro atoms. The molecule has 2 rings (SSSR count). The summed E-state index contributed by atoms with van der Waals surface area (Å²) in [6.07, 6.45) is 4.80. The molecule has 0 aliphatic carbocycles. The summed E-state index contributed by atoms with van der Waals surface area (Å²) >= 11 is 11.9. The van der Waals surface area contributed by atoms with Gasteiger partial charge in [0.15, 0.2) is 0 Å². The van der Waals surface area contributed by atoms with Crippen molar-refractivity contribution in [2.45, 2.75) is 6.42 Å². The van der Waals surface area contributed by atoms with Crippen molar-refractivity contribution in [1.82, 2.24) is 0 Å². The minimum atomic E-state index is 0.656. The molecule has 0 radical (unpaired) electrons. The normalized spacial score (nSPS) is 10.9. The van der Waals surface area contributed by atoms with Gasteiger partial charge < -0.3 is 9.47 Å². The van der Waals surface area contributed by atoms with E-state index in [-0.39, 0.29) is 0 Å². The molecule has 0 fully saturated rings. The maximum atomic E-state index is 5.95. The summed E-state index contributed by atoms with van der Waals surface area (Å²) in [6.45, 7) is 0. The van der Waals surface area contributed by atoms with E-state index < -0.39 is 0 Å². The van der Waals surface area contributed by atoms with Gasteiger partial charge in [-0.15, -0.1) is 0 Å². The molecule has 0 N–H and O–H groups in total. The van der Waals surface area contributed by atoms with Crippen molar-refractivity contribution in [1.29, 1.82) is 0 Å². The monoisotopic (exact) mass is 322 g/mol. The summed E-state index contributed by atoms with van der Waals surface area (Å²) in [7, 11) is 3.27. The average Bonchev–Trinajstić information content (AvgIpc) is 2.49. The van der Waals surface area contributed by atoms with Crippen molar-refractivity contribution in [2.24, 2.45) is 0 Å². The van der Waals surface area contributed by atoms with Crippen molar-refractivity contribution in [2.75, 3.05) is 14.2 Å². The van der Waals surface area contributed by atoms with E-state index in [0.717, 1.165) is 29.0 Å². The van der Waals surface area contributed by atoms with Crippen molar-refractivity contribution in [3.05, 3.63) is 63.6 Å². The van der Waals surface area contributed by atoms with Gasteiger partial charge in [0.05, 0.1) is 14.2 Å². The van der Waals surface area contributed by atoms with Gasteiger partial charge in [-0.3, -0.25) is 0 Å². The molecule has 0 aromatic heterocycles. The third kappa shape index (κ3) is 4.16. The zero-order valence-corrected chi connectivity index (χ0v) is 13.4. The highest BCUT2D eigenvalue weighted by Crippen LogP contribution is 2.26. The van der Waals surface area contributed by atoms with E-state index in [1.54, 1.807) is 20.3 Å². The lowest BCUT2D eigenvalue weighted by Crippen LogP contribution is -1.91. The Labute approximate surface area is 134 Å². The van der Waals surface area contributed by atoms with Gasteiger partial charge in [0.25, 0.3) is 0 Å². The van der Waals surface area contributed by atoms with Gasteiger partial charge in [-0.25, -0.2) is 0 Å². The predicted octanol–water partition coefficient (Wildman–Crippen LogP) is 5.27. The first-order valence-electron chi connectivity index (χ1n) is 6.46. The Morgan fingerprint density at radius 1 is 0.905 bits per heavy atom. The van der Waals surface area contributed by atoms with E-state index in [9.17, 15) is 0 Å². The SMILES string of the molecule is COc1cc(Cl)ccc1/C=C/Cc1ccc(Cl)cc1OC. The summed E-state index contributed by atoms with van der Waals surface area (Å²) in [4.78, 5) is 0. The molecule has 0 unspecified atom stereocenters. The third-order valence-electron chi connectivity index (χ3n) is 3.08. The van der Waals surface area contributed by atoms with Crippen molar-refractivity contribution >= 4 is 29.3 Å². The van der Waals surface area contributed by atoms with Crippen molar-refractivity contribution in [3.63, 3.8) is 0 Å². The van der Waals surface area contributed by atoms with Gasteiger partial charge in [-0.2, -0.15) is 0 Å². The molecule has 2 aromatic rings. The highest BCUT2D eigenvalue weighted by molar-refractivity contribution is 6.31. The van der Waals surface area contributed by atoms with Crippen molar-refractivity contribution in [3.8, 4) is 11.5 Å². The lowest BCUT2D eigenvalue weighted by atomic mass is 10.1. The van der Waals surface area contributed by atoms with Crippen LogP contribution in [-0.4, -0.2) is 14.2 Å². The lowest BCUT2D eigenvalue weighted by Gasteiger charge is -2.07. The molecule has 0 saturated carbocycles. The van der Waals surface area contributed by atoms with E-state index in [2.05, 4.69) is 6.08 Å². The minimum Gasteiger partial charge on any atom is -0.496 e. The number of rotatable bonds is 5. The van der Waals surface area contributed by atoms with E-state index in [0.29, 0.717) is 10.0 Å². The van der Waals surface area contributed by atoms with Gasteiger partial charge in [-0.05, 0) is 42.3 Å². The molecule has 2 aromatic carbocycles. The van der Waals surface area contributed by atoms with Crippen LogP contribution in [0.25, 0.3) is 6.08 Å². The molecular formula is C17H16Cl2O2. The van der Waals surface area contributed by atoms with Crippen LogP contribution in [0.4, 0.5) is 0 Å². The second-order valence-electron chi connectivity index (χ2n) is 4.45. The number of benzene rings is 2. The smallest absolute Gasteiger partial charge is 0.127 e. The summed E-state index contributed by atoms with van der Waals surface area (Å²) in [5.74, 6) is 1.54. The average molecular weight is 323 g/mol. The fourth-order valence-corrected chi connectivity index (χ4v) is 2.35. The van der Waals surface area contributed by atoms with E-state index in [1.807, 2.05) is 36.4 Å². The van der Waals surface area contributed by atoms with Crippen LogP contribution >= 0.6 is 23.2 Å². The number of hydrogen-bond donors (Lipinski definition) is 0. The Balaban J connectivity index is 2.16. The lowest BCUT2D eigenvalue weighted by molar-refractivity contribution is 0.411. The molecular weight excluding hydrogens is 307 g/mol. The van der Waals surface area contributed by atoms with Crippen LogP contribution in [0.5, 0.6) is 11.5 Å². The molecule has 0 aliphatic heterocycles. The van der Waals surface area contributed by atoms with E-state index >= 15 is 0 Å². The summed E-state index contributed by atoms with van der Waals surface area (Å²) in [5, 5.41) is 1.32. The number of allylic oxidation sites excluding steroid dienone is 1. The molecule has 0 amide bonds. The Morgan fingerprint density at radius 2 is 1.52 bits per heavy atom. The maximum absolute atomic E-state index is 5.95. The molecule has 4 heteroatoms. The van der Waals surface area contributed by atoms with Crippen LogP contribution in [-0.2, 0) is 6.42 Å². The number of ether oxygens (including phenoxy) is 2. The molecule has 0 aliphatic rings. The number of hydrogen-bond acceptors (Lipinski definition) is 2. The van der Waals surface area contributed by atoms with Crippen LogP contribution in [0.3, 0.4) is 0 Å². The zero-order chi connectivity index (χ0) is 15.2. The Morgan fingerprint density at radius 3 is 2.19 bits per heavy atom. The second-order valence-corrected chi connectivity index (χ2v) is 5.32. The molecule has 2 nitrogen and oxygen atoms in total. The highest BCUT2D eigenvalue weighted by atomic mass is 35.5. The molecule has 21 heavy (non-hydrogen) atoms. The highest BCUT2D eigenvalue weighted by Gasteiger charge is 2.03. The first kappa shape index (κ1) is 15.7. The number of methoxy groups -OCH3 is 2. The van der Waals surface area contributed by atoms with Gasteiger partial charge in [0.1, 0.15) is 11.5 Å². The molecule has 0 saturated heterocycles. The second kappa shape index (κ2) is 7.39. The molecule has 0 heterocycles. The standard InChI is InChI=1S/C17H16Cl2O2/c1-20-16-10-14(18)8-6-12(16)4-3-5-13-7-9-15(19)11-17(13)21-2/h3-4,6-11H,5H2,1-2H3/b4-3+. The van der Waals surface area contributed by atoms with Crippen LogP contribution in [0.1, 0.15) is 11.1 Å². The minimum absolute atomic E-state index is 0.656. The van der Waals surface area contributed by atoms with Gasteiger partial charge in [0, 0.05) is 15.6 Å². The summed E-state index contributed by atoms with van der Waals surface area (Å²) in [6, 6.07) is 11.2. The van der Waals surface area contributed by atoms with Crippen molar-refractivity contribution < 1.29 is 9.47 Å². The van der Waals surface area contributed by atoms with Crippen LogP contribution in [0.15, 0.2) is 42.5 Å². The molecule has 110 valence electrons. The topological polar surface area (TPSA) is 18.5 Å². The fourth-order valence-electron chi connectivity index (χ4n) is 2.02.